The molecule has 1 aromatic carbocycles. The van der Waals surface area contributed by atoms with Crippen LogP contribution in [-0.2, 0) is 4.79 Å². The topological polar surface area (TPSA) is 97.7 Å². The third-order valence-corrected chi connectivity index (χ3v) is 3.12. The van der Waals surface area contributed by atoms with Gasteiger partial charge in [0.2, 0.25) is 5.91 Å². The second-order valence-corrected chi connectivity index (χ2v) is 4.58. The second-order valence-electron chi connectivity index (χ2n) is 4.58. The van der Waals surface area contributed by atoms with E-state index in [0.29, 0.717) is 17.1 Å². The van der Waals surface area contributed by atoms with Crippen molar-refractivity contribution in [2.45, 2.75) is 19.1 Å². The Labute approximate surface area is 116 Å². The van der Waals surface area contributed by atoms with Gasteiger partial charge in [-0.3, -0.25) is 4.79 Å². The van der Waals surface area contributed by atoms with Crippen molar-refractivity contribution in [1.82, 2.24) is 5.32 Å². The molecule has 6 heteroatoms. The van der Waals surface area contributed by atoms with E-state index in [0.717, 1.165) is 5.39 Å². The number of carbonyl (C=O) groups excluding carboxylic acids is 1. The number of fused-ring (bicyclic) bond motifs is 1. The van der Waals surface area contributed by atoms with Gasteiger partial charge < -0.3 is 25.3 Å². The second kappa shape index (κ2) is 5.94. The van der Waals surface area contributed by atoms with Gasteiger partial charge in [-0.2, -0.15) is 0 Å². The van der Waals surface area contributed by atoms with Crippen LogP contribution >= 0.6 is 0 Å². The number of nitrogens with two attached hydrogens (primary N) is 1. The van der Waals surface area contributed by atoms with Crippen LogP contribution in [0.5, 0.6) is 5.75 Å². The van der Waals surface area contributed by atoms with E-state index in [1.165, 1.54) is 0 Å². The summed E-state index contributed by atoms with van der Waals surface area (Å²) in [4.78, 5) is 10.8. The summed E-state index contributed by atoms with van der Waals surface area (Å²) in [5.41, 5.74) is 5.67. The number of primary amides is 1. The summed E-state index contributed by atoms with van der Waals surface area (Å²) in [6, 6.07) is 7.36. The van der Waals surface area contributed by atoms with Gasteiger partial charge >= 0.3 is 0 Å². The highest BCUT2D eigenvalue weighted by Crippen LogP contribution is 2.30. The van der Waals surface area contributed by atoms with Crippen molar-refractivity contribution in [3.05, 3.63) is 30.0 Å². The van der Waals surface area contributed by atoms with E-state index in [1.54, 1.807) is 7.11 Å². The van der Waals surface area contributed by atoms with Crippen LogP contribution in [-0.4, -0.2) is 30.8 Å². The first-order valence-electron chi connectivity index (χ1n) is 6.30. The number of ether oxygens (including phenoxy) is 1. The number of benzene rings is 1. The van der Waals surface area contributed by atoms with E-state index < -0.39 is 12.0 Å². The highest BCUT2D eigenvalue weighted by Gasteiger charge is 2.16. The first-order valence-corrected chi connectivity index (χ1v) is 6.30. The lowest BCUT2D eigenvalue weighted by Gasteiger charge is -2.13. The number of carbonyl (C=O) groups is 1. The Hall–Kier alpha value is -2.05. The largest absolute Gasteiger partial charge is 0.493 e. The number of aliphatic hydroxyl groups is 1. The van der Waals surface area contributed by atoms with Crippen molar-refractivity contribution in [3.8, 4) is 5.75 Å². The van der Waals surface area contributed by atoms with Gasteiger partial charge in [0.25, 0.3) is 0 Å². The molecule has 2 unspecified atom stereocenters. The Balaban J connectivity index is 2.14. The molecule has 2 atom stereocenters. The molecular weight excluding hydrogens is 260 g/mol. The quantitative estimate of drug-likeness (QED) is 0.730. The first-order chi connectivity index (χ1) is 9.52. The van der Waals surface area contributed by atoms with Crippen LogP contribution in [0.15, 0.2) is 28.7 Å². The van der Waals surface area contributed by atoms with Gasteiger partial charge in [0.05, 0.1) is 13.2 Å². The lowest BCUT2D eigenvalue weighted by molar-refractivity contribution is -0.125. The van der Waals surface area contributed by atoms with Gasteiger partial charge in [0.15, 0.2) is 11.3 Å². The monoisotopic (exact) mass is 278 g/mol. The standard InChI is InChI=1S/C14H18N2O4/c1-8(16-7-10(17)14(15)18)12-6-9-4-3-5-11(19-2)13(9)20-12/h3-6,8,10,16-17H,7H2,1-2H3,(H2,15,18). The zero-order chi connectivity index (χ0) is 14.7. The number of para-hydroxylation sites is 1. The number of rotatable bonds is 6. The van der Waals surface area contributed by atoms with Crippen LogP contribution in [0.2, 0.25) is 0 Å². The van der Waals surface area contributed by atoms with E-state index in [9.17, 15) is 9.90 Å². The molecule has 0 aliphatic heterocycles. The summed E-state index contributed by atoms with van der Waals surface area (Å²) in [7, 11) is 1.59. The predicted octanol–water partition coefficient (Wildman–Crippen LogP) is 0.938. The van der Waals surface area contributed by atoms with Gasteiger partial charge in [-0.25, -0.2) is 0 Å². The molecule has 2 rings (SSSR count). The number of aliphatic hydroxyl groups excluding tert-OH is 1. The molecule has 108 valence electrons. The van der Waals surface area contributed by atoms with E-state index in [4.69, 9.17) is 14.9 Å². The molecule has 0 bridgehead atoms. The van der Waals surface area contributed by atoms with E-state index in [1.807, 2.05) is 31.2 Å². The van der Waals surface area contributed by atoms with Crippen LogP contribution in [0.4, 0.5) is 0 Å². The van der Waals surface area contributed by atoms with Crippen LogP contribution in [0.3, 0.4) is 0 Å². The highest BCUT2D eigenvalue weighted by atomic mass is 16.5. The van der Waals surface area contributed by atoms with Crippen LogP contribution in [0.1, 0.15) is 18.7 Å². The fourth-order valence-corrected chi connectivity index (χ4v) is 1.92. The number of nitrogens with one attached hydrogen (secondary N) is 1. The van der Waals surface area contributed by atoms with Crippen LogP contribution in [0, 0.1) is 0 Å². The maximum atomic E-state index is 10.8. The average Bonchev–Trinajstić information content (AvgIpc) is 2.87. The summed E-state index contributed by atoms with van der Waals surface area (Å²) >= 11 is 0. The molecule has 4 N–H and O–H groups in total. The Morgan fingerprint density at radius 1 is 1.55 bits per heavy atom. The molecule has 2 aromatic rings. The van der Waals surface area contributed by atoms with Crippen molar-refractivity contribution >= 4 is 16.9 Å². The van der Waals surface area contributed by atoms with E-state index >= 15 is 0 Å². The maximum Gasteiger partial charge on any atom is 0.247 e. The Bertz CT molecular complexity index is 608. The van der Waals surface area contributed by atoms with Gasteiger partial charge in [0, 0.05) is 11.9 Å². The number of amides is 1. The Morgan fingerprint density at radius 2 is 2.30 bits per heavy atom. The molecule has 1 heterocycles. The number of hydrogen-bond acceptors (Lipinski definition) is 5. The predicted molar refractivity (Wildman–Crippen MR) is 74.4 cm³/mol. The normalized spacial score (nSPS) is 14.2. The zero-order valence-electron chi connectivity index (χ0n) is 11.4. The summed E-state index contributed by atoms with van der Waals surface area (Å²) < 4.78 is 11.0. The third-order valence-electron chi connectivity index (χ3n) is 3.12. The molecule has 0 saturated heterocycles. The molecule has 1 amide bonds. The molecule has 1 aromatic heterocycles. The van der Waals surface area contributed by atoms with Crippen molar-refractivity contribution < 1.29 is 19.1 Å². The lowest BCUT2D eigenvalue weighted by atomic mass is 10.2. The fourth-order valence-electron chi connectivity index (χ4n) is 1.92. The first kappa shape index (κ1) is 14.4. The Morgan fingerprint density at radius 3 is 2.95 bits per heavy atom. The molecule has 0 radical (unpaired) electrons. The summed E-state index contributed by atoms with van der Waals surface area (Å²) in [5.74, 6) is 0.607. The SMILES string of the molecule is COc1cccc2cc(C(C)NCC(O)C(N)=O)oc12. The average molecular weight is 278 g/mol. The van der Waals surface area contributed by atoms with Crippen molar-refractivity contribution in [3.63, 3.8) is 0 Å². The molecule has 0 aliphatic rings. The third kappa shape index (κ3) is 2.92. The molecule has 0 fully saturated rings. The van der Waals surface area contributed by atoms with Crippen LogP contribution in [0.25, 0.3) is 11.0 Å². The summed E-state index contributed by atoms with van der Waals surface area (Å²) in [6.45, 7) is 1.95. The molecule has 6 nitrogen and oxygen atoms in total. The van der Waals surface area contributed by atoms with Gasteiger partial charge in [-0.1, -0.05) is 12.1 Å². The zero-order valence-corrected chi connectivity index (χ0v) is 11.4. The number of methoxy groups -OCH3 is 1. The number of hydrogen-bond donors (Lipinski definition) is 3. The molecule has 0 saturated carbocycles. The van der Waals surface area contributed by atoms with Crippen molar-refractivity contribution in [2.24, 2.45) is 5.73 Å². The minimum absolute atomic E-state index is 0.0741. The van der Waals surface area contributed by atoms with Gasteiger partial charge in [-0.15, -0.1) is 0 Å². The molecule has 0 aliphatic carbocycles. The molecular formula is C14H18N2O4. The highest BCUT2D eigenvalue weighted by molar-refractivity contribution is 5.83. The van der Waals surface area contributed by atoms with Gasteiger partial charge in [-0.05, 0) is 19.1 Å². The Kier molecular flexibility index (Phi) is 4.26. The summed E-state index contributed by atoms with van der Waals surface area (Å²) in [5, 5.41) is 13.3. The van der Waals surface area contributed by atoms with Gasteiger partial charge in [0.1, 0.15) is 11.9 Å². The fraction of sp³-hybridized carbons (Fsp3) is 0.357. The van der Waals surface area contributed by atoms with E-state index in [2.05, 4.69) is 5.32 Å². The van der Waals surface area contributed by atoms with E-state index in [-0.39, 0.29) is 12.6 Å². The smallest absolute Gasteiger partial charge is 0.247 e. The minimum atomic E-state index is -1.21. The summed E-state index contributed by atoms with van der Waals surface area (Å²) in [6.07, 6.45) is -1.21. The lowest BCUT2D eigenvalue weighted by Crippen LogP contribution is -2.38. The van der Waals surface area contributed by atoms with Crippen LogP contribution < -0.4 is 15.8 Å². The number of furan rings is 1. The van der Waals surface area contributed by atoms with Crippen molar-refractivity contribution in [1.29, 1.82) is 0 Å². The molecule has 0 spiro atoms. The molecule has 20 heavy (non-hydrogen) atoms. The minimum Gasteiger partial charge on any atom is -0.493 e. The maximum absolute atomic E-state index is 10.8. The van der Waals surface area contributed by atoms with Crippen molar-refractivity contribution in [2.75, 3.05) is 13.7 Å².